The minimum atomic E-state index is 1.19. The first-order valence-corrected chi connectivity index (χ1v) is 10.9. The number of rotatable bonds is 18. The third-order valence-corrected chi connectivity index (χ3v) is 5.12. The van der Waals surface area contributed by atoms with Crippen molar-refractivity contribution < 1.29 is 0 Å². The van der Waals surface area contributed by atoms with Crippen LogP contribution in [0, 0.1) is 0 Å². The summed E-state index contributed by atoms with van der Waals surface area (Å²) in [5.41, 5.74) is 1.36. The smallest absolute Gasteiger partial charge is 0.0519 e. The molecule has 0 atom stereocenters. The Kier molecular flexibility index (Phi) is 15.1. The number of nitrogens with one attached hydrogen (secondary N) is 1. The topological polar surface area (TPSA) is 28.7 Å². The predicted octanol–water partition coefficient (Wildman–Crippen LogP) is 7.60. The first-order valence-electron chi connectivity index (χ1n) is 10.9. The molecule has 0 radical (unpaired) electrons. The van der Waals surface area contributed by atoms with Crippen molar-refractivity contribution in [2.45, 2.75) is 122 Å². The van der Waals surface area contributed by atoms with E-state index in [0.29, 0.717) is 0 Å². The fraction of sp³-hybridized carbons (Fsp3) is 0.864. The Morgan fingerprint density at radius 3 is 1.42 bits per heavy atom. The number of H-pyrrole nitrogens is 1. The normalized spacial score (nSPS) is 11.2. The number of hydrogen-bond acceptors (Lipinski definition) is 1. The first-order chi connectivity index (χ1) is 11.9. The second-order valence-corrected chi connectivity index (χ2v) is 7.51. The van der Waals surface area contributed by atoms with Crippen LogP contribution in [0.1, 0.15) is 122 Å². The zero-order valence-electron chi connectivity index (χ0n) is 16.3. The first kappa shape index (κ1) is 21.3. The van der Waals surface area contributed by atoms with Crippen LogP contribution < -0.4 is 0 Å². The lowest BCUT2D eigenvalue weighted by Crippen LogP contribution is -1.85. The molecule has 2 heteroatoms. The molecule has 0 unspecified atom stereocenters. The van der Waals surface area contributed by atoms with E-state index in [9.17, 15) is 0 Å². The third-order valence-electron chi connectivity index (χ3n) is 5.12. The molecule has 2 nitrogen and oxygen atoms in total. The highest BCUT2D eigenvalue weighted by Gasteiger charge is 1.96. The van der Waals surface area contributed by atoms with Crippen molar-refractivity contribution in [1.29, 1.82) is 0 Å². The summed E-state index contributed by atoms with van der Waals surface area (Å²) in [6.45, 7) is 2.29. The van der Waals surface area contributed by atoms with Crippen LogP contribution >= 0.6 is 0 Å². The molecule has 140 valence electrons. The molecule has 1 rings (SSSR count). The zero-order chi connectivity index (χ0) is 17.1. The lowest BCUT2D eigenvalue weighted by atomic mass is 10.0. The van der Waals surface area contributed by atoms with Crippen LogP contribution in [-0.4, -0.2) is 10.2 Å². The van der Waals surface area contributed by atoms with Crippen molar-refractivity contribution in [2.75, 3.05) is 0 Å². The van der Waals surface area contributed by atoms with Gasteiger partial charge in [0.2, 0.25) is 0 Å². The minimum Gasteiger partial charge on any atom is -0.285 e. The van der Waals surface area contributed by atoms with Gasteiger partial charge in [-0.25, -0.2) is 0 Å². The molecule has 0 aliphatic rings. The van der Waals surface area contributed by atoms with Gasteiger partial charge in [-0.15, -0.1) is 0 Å². The second-order valence-electron chi connectivity index (χ2n) is 7.51. The van der Waals surface area contributed by atoms with Crippen molar-refractivity contribution in [3.8, 4) is 0 Å². The molecule has 1 aromatic rings. The Morgan fingerprint density at radius 1 is 0.625 bits per heavy atom. The summed E-state index contributed by atoms with van der Waals surface area (Å²) < 4.78 is 0. The van der Waals surface area contributed by atoms with Crippen LogP contribution in [0.5, 0.6) is 0 Å². The molecule has 0 aromatic carbocycles. The van der Waals surface area contributed by atoms with Crippen LogP contribution in [0.2, 0.25) is 0 Å². The standard InChI is InChI=1S/C22H42N2/c1-2-3-4-5-6-7-8-9-10-11-12-13-14-15-16-17-18-19-22-20-23-24-21-22/h20-21H,2-19H2,1H3,(H,23,24). The Labute approximate surface area is 151 Å². The van der Waals surface area contributed by atoms with Gasteiger partial charge in [-0.1, -0.05) is 110 Å². The average molecular weight is 335 g/mol. The quantitative estimate of drug-likeness (QED) is 0.275. The van der Waals surface area contributed by atoms with Crippen LogP contribution in [0.3, 0.4) is 0 Å². The Hall–Kier alpha value is -0.790. The number of aromatic amines is 1. The molecule has 0 aliphatic carbocycles. The van der Waals surface area contributed by atoms with Crippen molar-refractivity contribution in [2.24, 2.45) is 0 Å². The van der Waals surface area contributed by atoms with Gasteiger partial charge in [0.1, 0.15) is 0 Å². The van der Waals surface area contributed by atoms with E-state index >= 15 is 0 Å². The zero-order valence-corrected chi connectivity index (χ0v) is 16.3. The van der Waals surface area contributed by atoms with Gasteiger partial charge in [0, 0.05) is 6.20 Å². The average Bonchev–Trinajstić information content (AvgIpc) is 3.11. The molecular weight excluding hydrogens is 292 g/mol. The fourth-order valence-electron chi connectivity index (χ4n) is 3.47. The highest BCUT2D eigenvalue weighted by Crippen LogP contribution is 2.14. The number of aryl methyl sites for hydroxylation is 1. The highest BCUT2D eigenvalue weighted by molar-refractivity contribution is 5.01. The van der Waals surface area contributed by atoms with Gasteiger partial charge >= 0.3 is 0 Å². The highest BCUT2D eigenvalue weighted by atomic mass is 15.1. The van der Waals surface area contributed by atoms with Crippen LogP contribution in [-0.2, 0) is 6.42 Å². The van der Waals surface area contributed by atoms with Crippen molar-refractivity contribution in [1.82, 2.24) is 10.2 Å². The van der Waals surface area contributed by atoms with E-state index in [1.807, 2.05) is 12.4 Å². The van der Waals surface area contributed by atoms with Crippen LogP contribution in [0.25, 0.3) is 0 Å². The monoisotopic (exact) mass is 334 g/mol. The van der Waals surface area contributed by atoms with E-state index in [4.69, 9.17) is 0 Å². The lowest BCUT2D eigenvalue weighted by Gasteiger charge is -2.03. The SMILES string of the molecule is CCCCCCCCCCCCCCCCCCCc1cn[nH]c1. The molecule has 24 heavy (non-hydrogen) atoms. The summed E-state index contributed by atoms with van der Waals surface area (Å²) in [6.07, 6.45) is 29.6. The van der Waals surface area contributed by atoms with Crippen LogP contribution in [0.15, 0.2) is 12.4 Å². The van der Waals surface area contributed by atoms with E-state index in [0.717, 1.165) is 0 Å². The van der Waals surface area contributed by atoms with E-state index in [1.165, 1.54) is 121 Å². The molecule has 0 bridgehead atoms. The maximum atomic E-state index is 3.99. The van der Waals surface area contributed by atoms with Gasteiger partial charge in [-0.3, -0.25) is 5.10 Å². The molecule has 0 amide bonds. The van der Waals surface area contributed by atoms with Gasteiger partial charge in [-0.05, 0) is 18.4 Å². The van der Waals surface area contributed by atoms with Crippen LogP contribution in [0.4, 0.5) is 0 Å². The molecule has 1 heterocycles. The number of nitrogens with zero attached hydrogens (tertiary/aromatic N) is 1. The molecular formula is C22H42N2. The Morgan fingerprint density at radius 2 is 1.04 bits per heavy atom. The largest absolute Gasteiger partial charge is 0.285 e. The van der Waals surface area contributed by atoms with E-state index in [1.54, 1.807) is 0 Å². The minimum absolute atomic E-state index is 1.19. The fourth-order valence-corrected chi connectivity index (χ4v) is 3.47. The third kappa shape index (κ3) is 13.6. The van der Waals surface area contributed by atoms with E-state index in [2.05, 4.69) is 17.1 Å². The predicted molar refractivity (Wildman–Crippen MR) is 106 cm³/mol. The van der Waals surface area contributed by atoms with Gasteiger partial charge in [0.15, 0.2) is 0 Å². The number of hydrogen-bond donors (Lipinski definition) is 1. The van der Waals surface area contributed by atoms with Gasteiger partial charge in [0.25, 0.3) is 0 Å². The Bertz CT molecular complexity index is 332. The molecule has 0 saturated carbocycles. The molecule has 0 saturated heterocycles. The Balaban J connectivity index is 1.66. The number of unbranched alkanes of at least 4 members (excludes halogenated alkanes) is 16. The van der Waals surface area contributed by atoms with Gasteiger partial charge in [-0.2, -0.15) is 5.10 Å². The summed E-state index contributed by atoms with van der Waals surface area (Å²) in [5, 5.41) is 6.88. The molecule has 1 aromatic heterocycles. The van der Waals surface area contributed by atoms with E-state index < -0.39 is 0 Å². The summed E-state index contributed by atoms with van der Waals surface area (Å²) in [4.78, 5) is 0. The summed E-state index contributed by atoms with van der Waals surface area (Å²) in [5.74, 6) is 0. The maximum Gasteiger partial charge on any atom is 0.0519 e. The molecule has 0 fully saturated rings. The van der Waals surface area contributed by atoms with Crippen molar-refractivity contribution >= 4 is 0 Å². The summed E-state index contributed by atoms with van der Waals surface area (Å²) >= 11 is 0. The molecule has 0 spiro atoms. The van der Waals surface area contributed by atoms with Crippen molar-refractivity contribution in [3.63, 3.8) is 0 Å². The molecule has 0 aliphatic heterocycles. The van der Waals surface area contributed by atoms with Gasteiger partial charge in [0.05, 0.1) is 6.20 Å². The lowest BCUT2D eigenvalue weighted by molar-refractivity contribution is 0.527. The number of aromatic nitrogens is 2. The molecule has 1 N–H and O–H groups in total. The maximum absolute atomic E-state index is 3.99. The van der Waals surface area contributed by atoms with E-state index in [-0.39, 0.29) is 0 Å². The summed E-state index contributed by atoms with van der Waals surface area (Å²) in [6, 6.07) is 0. The second kappa shape index (κ2) is 17.0. The van der Waals surface area contributed by atoms with Crippen molar-refractivity contribution in [3.05, 3.63) is 18.0 Å². The van der Waals surface area contributed by atoms with Gasteiger partial charge < -0.3 is 0 Å². The summed E-state index contributed by atoms with van der Waals surface area (Å²) in [7, 11) is 0.